The van der Waals surface area contributed by atoms with E-state index in [9.17, 15) is 4.39 Å². The summed E-state index contributed by atoms with van der Waals surface area (Å²) in [5, 5.41) is 3.23. The molecule has 0 aliphatic carbocycles. The summed E-state index contributed by atoms with van der Waals surface area (Å²) in [5.41, 5.74) is 1.96. The van der Waals surface area contributed by atoms with Crippen molar-refractivity contribution < 1.29 is 9.13 Å². The largest absolute Gasteiger partial charge is 0.481 e. The third-order valence-electron chi connectivity index (χ3n) is 2.85. The van der Waals surface area contributed by atoms with Crippen LogP contribution in [0, 0.1) is 12.7 Å². The zero-order valence-electron chi connectivity index (χ0n) is 11.0. The minimum absolute atomic E-state index is 0.215. The normalized spacial score (nSPS) is 10.3. The van der Waals surface area contributed by atoms with Crippen LogP contribution in [-0.4, -0.2) is 23.6 Å². The minimum Gasteiger partial charge on any atom is -0.481 e. The van der Waals surface area contributed by atoms with Crippen LogP contribution in [-0.2, 0) is 6.42 Å². The van der Waals surface area contributed by atoms with Crippen LogP contribution in [0.25, 0.3) is 0 Å². The summed E-state index contributed by atoms with van der Waals surface area (Å²) in [6.45, 7) is 2.62. The number of rotatable bonds is 5. The highest BCUT2D eigenvalue weighted by Crippen LogP contribution is 2.19. The Bertz CT molecular complexity index is 543. The lowest BCUT2D eigenvalue weighted by atomic mass is 10.1. The molecule has 5 heteroatoms. The predicted octanol–water partition coefficient (Wildman–Crippen LogP) is 2.59. The maximum atomic E-state index is 12.8. The fourth-order valence-corrected chi connectivity index (χ4v) is 1.79. The van der Waals surface area contributed by atoms with E-state index in [0.29, 0.717) is 12.4 Å². The first kappa shape index (κ1) is 13.3. The molecule has 0 unspecified atom stereocenters. The highest BCUT2D eigenvalue weighted by atomic mass is 19.1. The number of anilines is 1. The van der Waals surface area contributed by atoms with E-state index in [4.69, 9.17) is 4.74 Å². The molecular formula is C14H16FN3O. The van der Waals surface area contributed by atoms with Crippen molar-refractivity contribution in [1.82, 2.24) is 9.97 Å². The van der Waals surface area contributed by atoms with Gasteiger partial charge in [-0.2, -0.15) is 0 Å². The van der Waals surface area contributed by atoms with E-state index < -0.39 is 0 Å². The van der Waals surface area contributed by atoms with E-state index in [0.717, 1.165) is 23.4 Å². The first-order chi connectivity index (χ1) is 9.20. The van der Waals surface area contributed by atoms with Crippen LogP contribution in [0.15, 0.2) is 30.6 Å². The lowest BCUT2D eigenvalue weighted by Gasteiger charge is -2.10. The molecule has 4 nitrogen and oxygen atoms in total. The van der Waals surface area contributed by atoms with Crippen molar-refractivity contribution in [1.29, 1.82) is 0 Å². The van der Waals surface area contributed by atoms with Gasteiger partial charge >= 0.3 is 0 Å². The Kier molecular flexibility index (Phi) is 4.28. The van der Waals surface area contributed by atoms with Crippen molar-refractivity contribution in [2.75, 3.05) is 19.0 Å². The average Bonchev–Trinajstić information content (AvgIpc) is 2.43. The fraction of sp³-hybridized carbons (Fsp3) is 0.286. The Morgan fingerprint density at radius 2 is 1.95 bits per heavy atom. The molecule has 2 aromatic rings. The number of nitrogens with one attached hydrogen (secondary N) is 1. The highest BCUT2D eigenvalue weighted by Gasteiger charge is 2.06. The summed E-state index contributed by atoms with van der Waals surface area (Å²) in [6.07, 6.45) is 2.26. The van der Waals surface area contributed by atoms with Crippen LogP contribution in [0.4, 0.5) is 10.2 Å². The van der Waals surface area contributed by atoms with E-state index in [-0.39, 0.29) is 5.82 Å². The summed E-state index contributed by atoms with van der Waals surface area (Å²) < 4.78 is 17.9. The van der Waals surface area contributed by atoms with Crippen LogP contribution in [0.1, 0.15) is 11.1 Å². The van der Waals surface area contributed by atoms with Crippen molar-refractivity contribution in [2.24, 2.45) is 0 Å². The lowest BCUT2D eigenvalue weighted by Crippen LogP contribution is -2.08. The summed E-state index contributed by atoms with van der Waals surface area (Å²) in [5.74, 6) is 1.11. The van der Waals surface area contributed by atoms with Gasteiger partial charge in [-0.3, -0.25) is 0 Å². The number of nitrogens with zero attached hydrogens (tertiary/aromatic N) is 2. The molecule has 1 N–H and O–H groups in total. The van der Waals surface area contributed by atoms with Crippen LogP contribution in [0.2, 0.25) is 0 Å². The van der Waals surface area contributed by atoms with Gasteiger partial charge < -0.3 is 10.1 Å². The van der Waals surface area contributed by atoms with Crippen LogP contribution in [0.5, 0.6) is 5.88 Å². The number of ether oxygens (including phenoxy) is 1. The molecule has 0 saturated heterocycles. The van der Waals surface area contributed by atoms with Gasteiger partial charge in [0.1, 0.15) is 18.0 Å². The number of benzene rings is 1. The fourth-order valence-electron chi connectivity index (χ4n) is 1.79. The zero-order valence-corrected chi connectivity index (χ0v) is 11.0. The van der Waals surface area contributed by atoms with Gasteiger partial charge in [-0.15, -0.1) is 0 Å². The molecule has 0 fully saturated rings. The first-order valence-corrected chi connectivity index (χ1v) is 6.04. The standard InChI is InChI=1S/C14H16FN3O/c1-10-13(17-9-18-14(10)19-2)16-8-7-11-3-5-12(15)6-4-11/h3-6,9H,7-8H2,1-2H3,(H,16,17,18). The molecule has 1 aromatic carbocycles. The van der Waals surface area contributed by atoms with Crippen LogP contribution < -0.4 is 10.1 Å². The third kappa shape index (κ3) is 3.40. The molecule has 0 amide bonds. The van der Waals surface area contributed by atoms with E-state index in [1.54, 1.807) is 19.2 Å². The second-order valence-electron chi connectivity index (χ2n) is 4.16. The topological polar surface area (TPSA) is 47.0 Å². The molecule has 1 heterocycles. The second kappa shape index (κ2) is 6.13. The van der Waals surface area contributed by atoms with Gasteiger partial charge in [-0.1, -0.05) is 12.1 Å². The molecule has 1 aromatic heterocycles. The molecule has 0 atom stereocenters. The predicted molar refractivity (Wildman–Crippen MR) is 71.9 cm³/mol. The van der Waals surface area contributed by atoms with Gasteiger partial charge in [0.05, 0.1) is 12.7 Å². The molecule has 100 valence electrons. The summed E-state index contributed by atoms with van der Waals surface area (Å²) in [6, 6.07) is 6.50. The quantitative estimate of drug-likeness (QED) is 0.898. The summed E-state index contributed by atoms with van der Waals surface area (Å²) in [4.78, 5) is 8.19. The average molecular weight is 261 g/mol. The van der Waals surface area contributed by atoms with E-state index in [2.05, 4.69) is 15.3 Å². The van der Waals surface area contributed by atoms with E-state index >= 15 is 0 Å². The molecule has 0 aliphatic heterocycles. The molecule has 0 spiro atoms. The van der Waals surface area contributed by atoms with E-state index in [1.165, 1.54) is 18.5 Å². The van der Waals surface area contributed by atoms with Crippen molar-refractivity contribution in [3.63, 3.8) is 0 Å². The molecule has 0 radical (unpaired) electrons. The Hall–Kier alpha value is -2.17. The molecule has 0 bridgehead atoms. The van der Waals surface area contributed by atoms with Gasteiger partial charge in [0.15, 0.2) is 0 Å². The smallest absolute Gasteiger partial charge is 0.221 e. The number of hydrogen-bond donors (Lipinski definition) is 1. The second-order valence-corrected chi connectivity index (χ2v) is 4.16. The van der Waals surface area contributed by atoms with Crippen LogP contribution in [0.3, 0.4) is 0 Å². The molecule has 0 aliphatic rings. The molecule has 2 rings (SSSR count). The Morgan fingerprint density at radius 1 is 1.21 bits per heavy atom. The number of aromatic nitrogens is 2. The minimum atomic E-state index is -0.215. The van der Waals surface area contributed by atoms with Crippen LogP contribution >= 0.6 is 0 Å². The van der Waals surface area contributed by atoms with Crippen molar-refractivity contribution >= 4 is 5.82 Å². The van der Waals surface area contributed by atoms with Gasteiger partial charge in [0.2, 0.25) is 5.88 Å². The van der Waals surface area contributed by atoms with E-state index in [1.807, 2.05) is 6.92 Å². The third-order valence-corrected chi connectivity index (χ3v) is 2.85. The Balaban J connectivity index is 1.94. The van der Waals surface area contributed by atoms with Gasteiger partial charge in [0.25, 0.3) is 0 Å². The maximum Gasteiger partial charge on any atom is 0.221 e. The monoisotopic (exact) mass is 261 g/mol. The lowest BCUT2D eigenvalue weighted by molar-refractivity contribution is 0.393. The van der Waals surface area contributed by atoms with Crippen molar-refractivity contribution in [2.45, 2.75) is 13.3 Å². The van der Waals surface area contributed by atoms with Crippen molar-refractivity contribution in [3.05, 3.63) is 47.5 Å². The number of hydrogen-bond acceptors (Lipinski definition) is 4. The summed E-state index contributed by atoms with van der Waals surface area (Å²) >= 11 is 0. The summed E-state index contributed by atoms with van der Waals surface area (Å²) in [7, 11) is 1.58. The van der Waals surface area contributed by atoms with Gasteiger partial charge in [-0.05, 0) is 31.0 Å². The Morgan fingerprint density at radius 3 is 2.63 bits per heavy atom. The Labute approximate surface area is 111 Å². The number of halogens is 1. The molecular weight excluding hydrogens is 245 g/mol. The SMILES string of the molecule is COc1ncnc(NCCc2ccc(F)cc2)c1C. The zero-order chi connectivity index (χ0) is 13.7. The first-order valence-electron chi connectivity index (χ1n) is 6.04. The molecule has 0 saturated carbocycles. The maximum absolute atomic E-state index is 12.8. The number of methoxy groups -OCH3 is 1. The highest BCUT2D eigenvalue weighted by molar-refractivity contribution is 5.47. The van der Waals surface area contributed by atoms with Crippen molar-refractivity contribution in [3.8, 4) is 5.88 Å². The van der Waals surface area contributed by atoms with Gasteiger partial charge in [-0.25, -0.2) is 14.4 Å². The molecule has 19 heavy (non-hydrogen) atoms. The van der Waals surface area contributed by atoms with Gasteiger partial charge in [0, 0.05) is 6.54 Å².